The van der Waals surface area contributed by atoms with Crippen molar-refractivity contribution in [1.82, 2.24) is 15.0 Å². The number of ether oxygens (including phenoxy) is 1. The summed E-state index contributed by atoms with van der Waals surface area (Å²) in [6.07, 6.45) is 3.07. The van der Waals surface area contributed by atoms with E-state index in [1.54, 1.807) is 12.3 Å². The van der Waals surface area contributed by atoms with Gasteiger partial charge in [-0.2, -0.15) is 0 Å². The molecule has 3 N–H and O–H groups in total. The van der Waals surface area contributed by atoms with E-state index < -0.39 is 5.82 Å². The molecule has 0 bridgehead atoms. The Morgan fingerprint density at radius 2 is 1.86 bits per heavy atom. The van der Waals surface area contributed by atoms with Gasteiger partial charge in [-0.15, -0.1) is 0 Å². The van der Waals surface area contributed by atoms with E-state index in [0.717, 1.165) is 16.9 Å². The molecular formula is C21H18FN5O. The number of hydrogen-bond donors (Lipinski definition) is 2. The van der Waals surface area contributed by atoms with Gasteiger partial charge in [0.15, 0.2) is 5.82 Å². The Hall–Kier alpha value is -3.74. The average molecular weight is 375 g/mol. The van der Waals surface area contributed by atoms with Crippen LogP contribution in [0.15, 0.2) is 55.0 Å². The number of pyridine rings is 1. The molecule has 0 atom stereocenters. The molecule has 4 rings (SSSR count). The Bertz CT molecular complexity index is 1160. The van der Waals surface area contributed by atoms with Gasteiger partial charge in [0.25, 0.3) is 0 Å². The van der Waals surface area contributed by atoms with Crippen molar-refractivity contribution in [3.63, 3.8) is 0 Å². The first-order chi connectivity index (χ1) is 13.5. The van der Waals surface area contributed by atoms with Crippen LogP contribution < -0.4 is 15.8 Å². The minimum atomic E-state index is -0.538. The highest BCUT2D eigenvalue weighted by atomic mass is 19.1. The molecule has 4 aromatic rings. The predicted octanol–water partition coefficient (Wildman–Crippen LogP) is 4.90. The Morgan fingerprint density at radius 3 is 2.61 bits per heavy atom. The molecule has 0 aliphatic rings. The molecule has 2 aromatic heterocycles. The number of rotatable bonds is 4. The second-order valence-corrected chi connectivity index (χ2v) is 6.43. The van der Waals surface area contributed by atoms with Gasteiger partial charge in [-0.1, -0.05) is 0 Å². The van der Waals surface area contributed by atoms with Crippen molar-refractivity contribution in [3.05, 3.63) is 72.1 Å². The van der Waals surface area contributed by atoms with Gasteiger partial charge >= 0.3 is 0 Å². The summed E-state index contributed by atoms with van der Waals surface area (Å²) in [7, 11) is 0. The van der Waals surface area contributed by atoms with Gasteiger partial charge in [-0.05, 0) is 61.9 Å². The maximum absolute atomic E-state index is 14.5. The van der Waals surface area contributed by atoms with E-state index in [2.05, 4.69) is 20.3 Å². The third-order valence-corrected chi connectivity index (χ3v) is 4.32. The lowest BCUT2D eigenvalue weighted by molar-refractivity contribution is 0.476. The molecule has 0 fully saturated rings. The van der Waals surface area contributed by atoms with Gasteiger partial charge in [-0.3, -0.25) is 4.98 Å². The van der Waals surface area contributed by atoms with Gasteiger partial charge in [0.1, 0.15) is 23.6 Å². The highest BCUT2D eigenvalue weighted by molar-refractivity contribution is 5.93. The van der Waals surface area contributed by atoms with Crippen molar-refractivity contribution in [3.8, 4) is 11.5 Å². The van der Waals surface area contributed by atoms with Gasteiger partial charge < -0.3 is 15.8 Å². The summed E-state index contributed by atoms with van der Waals surface area (Å²) in [6, 6.07) is 12.5. The number of anilines is 3. The molecule has 0 amide bonds. The number of aromatic nitrogens is 3. The van der Waals surface area contributed by atoms with E-state index in [-0.39, 0.29) is 11.1 Å². The van der Waals surface area contributed by atoms with Crippen molar-refractivity contribution in [2.45, 2.75) is 13.8 Å². The predicted molar refractivity (Wildman–Crippen MR) is 107 cm³/mol. The zero-order chi connectivity index (χ0) is 19.7. The lowest BCUT2D eigenvalue weighted by Gasteiger charge is -2.13. The third kappa shape index (κ3) is 3.42. The normalized spacial score (nSPS) is 10.8. The molecule has 0 saturated carbocycles. The van der Waals surface area contributed by atoms with E-state index >= 15 is 0 Å². The van der Waals surface area contributed by atoms with Crippen LogP contribution >= 0.6 is 0 Å². The quantitative estimate of drug-likeness (QED) is 0.494. The molecule has 28 heavy (non-hydrogen) atoms. The molecule has 0 radical (unpaired) electrons. The van der Waals surface area contributed by atoms with Crippen LogP contribution in [0.25, 0.3) is 10.9 Å². The number of halogens is 1. The molecule has 2 aromatic carbocycles. The van der Waals surface area contributed by atoms with Crippen LogP contribution in [0, 0.1) is 19.7 Å². The summed E-state index contributed by atoms with van der Waals surface area (Å²) in [6.45, 7) is 3.85. The second-order valence-electron chi connectivity index (χ2n) is 6.43. The van der Waals surface area contributed by atoms with Crippen molar-refractivity contribution in [2.24, 2.45) is 0 Å². The fraction of sp³-hybridized carbons (Fsp3) is 0.0952. The summed E-state index contributed by atoms with van der Waals surface area (Å²) >= 11 is 0. The van der Waals surface area contributed by atoms with E-state index in [1.807, 2.05) is 44.2 Å². The molecule has 0 aliphatic carbocycles. The number of nitrogens with two attached hydrogens (primary N) is 1. The summed E-state index contributed by atoms with van der Waals surface area (Å²) in [4.78, 5) is 12.5. The summed E-state index contributed by atoms with van der Waals surface area (Å²) in [5.74, 6) is 1.18. The topological polar surface area (TPSA) is 86.0 Å². The molecule has 0 unspecified atom stereocenters. The van der Waals surface area contributed by atoms with Gasteiger partial charge in [0.2, 0.25) is 0 Å². The van der Waals surface area contributed by atoms with E-state index in [0.29, 0.717) is 22.8 Å². The molecule has 6 nitrogen and oxygen atoms in total. The van der Waals surface area contributed by atoms with Crippen molar-refractivity contribution >= 4 is 28.1 Å². The van der Waals surface area contributed by atoms with Gasteiger partial charge in [-0.25, -0.2) is 14.4 Å². The lowest BCUT2D eigenvalue weighted by Crippen LogP contribution is -2.00. The maximum Gasteiger partial charge on any atom is 0.159 e. The molecule has 140 valence electrons. The maximum atomic E-state index is 14.5. The van der Waals surface area contributed by atoms with Gasteiger partial charge in [0, 0.05) is 11.4 Å². The van der Waals surface area contributed by atoms with Crippen molar-refractivity contribution < 1.29 is 9.13 Å². The largest absolute Gasteiger partial charge is 0.455 e. The van der Waals surface area contributed by atoms with Crippen LogP contribution in [-0.2, 0) is 0 Å². The van der Waals surface area contributed by atoms with Gasteiger partial charge in [0.05, 0.1) is 22.8 Å². The number of hydrogen-bond acceptors (Lipinski definition) is 6. The van der Waals surface area contributed by atoms with Crippen LogP contribution in [0.3, 0.4) is 0 Å². The van der Waals surface area contributed by atoms with Crippen LogP contribution in [-0.4, -0.2) is 15.0 Å². The van der Waals surface area contributed by atoms with Crippen LogP contribution in [0.4, 0.5) is 21.6 Å². The highest BCUT2D eigenvalue weighted by Crippen LogP contribution is 2.31. The Balaban J connectivity index is 1.63. The smallest absolute Gasteiger partial charge is 0.159 e. The summed E-state index contributed by atoms with van der Waals surface area (Å²) < 4.78 is 20.4. The lowest BCUT2D eigenvalue weighted by atomic mass is 10.1. The fourth-order valence-corrected chi connectivity index (χ4v) is 2.84. The van der Waals surface area contributed by atoms with E-state index in [1.165, 1.54) is 12.4 Å². The summed E-state index contributed by atoms with van der Waals surface area (Å²) in [5, 5.41) is 3.40. The number of nitrogens with one attached hydrogen (secondary N) is 1. The fourth-order valence-electron chi connectivity index (χ4n) is 2.84. The minimum Gasteiger partial charge on any atom is -0.455 e. The zero-order valence-corrected chi connectivity index (χ0v) is 15.4. The van der Waals surface area contributed by atoms with Crippen molar-refractivity contribution in [1.29, 1.82) is 0 Å². The Morgan fingerprint density at radius 1 is 1.00 bits per heavy atom. The third-order valence-electron chi connectivity index (χ3n) is 4.32. The van der Waals surface area contributed by atoms with Crippen LogP contribution in [0.1, 0.15) is 11.3 Å². The highest BCUT2D eigenvalue weighted by Gasteiger charge is 2.12. The Labute approximate surface area is 161 Å². The first-order valence-electron chi connectivity index (χ1n) is 8.68. The standard InChI is InChI=1S/C21H18FN5O/c1-12-9-14(4-8-18(12)28-15-5-3-13(2)24-10-15)27-21-19-17(25-11-26-21)7-6-16(23)20(19)22/h3-11H,23H2,1-2H3,(H,25,26,27). The molecule has 0 saturated heterocycles. The number of aryl methyl sites for hydroxylation is 2. The van der Waals surface area contributed by atoms with E-state index in [4.69, 9.17) is 10.5 Å². The number of fused-ring (bicyclic) bond motifs is 1. The first kappa shape index (κ1) is 17.7. The van der Waals surface area contributed by atoms with Crippen LogP contribution in [0.5, 0.6) is 11.5 Å². The molecule has 2 heterocycles. The second kappa shape index (κ2) is 7.11. The number of benzene rings is 2. The van der Waals surface area contributed by atoms with Crippen molar-refractivity contribution in [2.75, 3.05) is 11.1 Å². The van der Waals surface area contributed by atoms with E-state index in [9.17, 15) is 4.39 Å². The molecule has 7 heteroatoms. The SMILES string of the molecule is Cc1ccc(Oc2ccc(Nc3ncnc4ccc(N)c(F)c34)cc2C)cn1. The summed E-state index contributed by atoms with van der Waals surface area (Å²) in [5.41, 5.74) is 8.80. The molecule has 0 aliphatic heterocycles. The Kier molecular flexibility index (Phi) is 4.49. The van der Waals surface area contributed by atoms with Crippen LogP contribution in [0.2, 0.25) is 0 Å². The minimum absolute atomic E-state index is 0.0528. The zero-order valence-electron chi connectivity index (χ0n) is 15.4. The average Bonchev–Trinajstić information content (AvgIpc) is 2.69. The number of nitrogens with zero attached hydrogens (tertiary/aromatic N) is 3. The first-order valence-corrected chi connectivity index (χ1v) is 8.68. The monoisotopic (exact) mass is 375 g/mol. The molecule has 0 spiro atoms. The molecular weight excluding hydrogens is 357 g/mol. The number of nitrogen functional groups attached to an aromatic ring is 1.